The van der Waals surface area contributed by atoms with Gasteiger partial charge in [0.15, 0.2) is 0 Å². The summed E-state index contributed by atoms with van der Waals surface area (Å²) < 4.78 is 0. The van der Waals surface area contributed by atoms with Gasteiger partial charge in [-0.15, -0.1) is 0 Å². The summed E-state index contributed by atoms with van der Waals surface area (Å²) in [4.78, 5) is 16.7. The summed E-state index contributed by atoms with van der Waals surface area (Å²) in [5.74, 6) is 0. The number of carbonyl (C=O) groups excluding carboxylic acids is 1. The molecular formula is C21H30N4O. The van der Waals surface area contributed by atoms with E-state index in [1.165, 1.54) is 5.56 Å². The predicted octanol–water partition coefficient (Wildman–Crippen LogP) is 3.33. The Hall–Kier alpha value is -2.06. The van der Waals surface area contributed by atoms with Crippen molar-refractivity contribution in [1.29, 1.82) is 5.26 Å². The van der Waals surface area contributed by atoms with Gasteiger partial charge >= 0.3 is 6.03 Å². The van der Waals surface area contributed by atoms with Crippen LogP contribution >= 0.6 is 0 Å². The highest BCUT2D eigenvalue weighted by Crippen LogP contribution is 2.46. The molecule has 1 N–H and O–H groups in total. The van der Waals surface area contributed by atoms with E-state index in [-0.39, 0.29) is 17.1 Å². The van der Waals surface area contributed by atoms with Crippen LogP contribution in [-0.4, -0.2) is 48.6 Å². The minimum absolute atomic E-state index is 0.0228. The van der Waals surface area contributed by atoms with Crippen LogP contribution < -0.4 is 5.32 Å². The zero-order valence-corrected chi connectivity index (χ0v) is 16.4. The number of hydrogen-bond acceptors (Lipinski definition) is 3. The summed E-state index contributed by atoms with van der Waals surface area (Å²) in [7, 11) is 4.31. The van der Waals surface area contributed by atoms with E-state index in [4.69, 9.17) is 0 Å². The van der Waals surface area contributed by atoms with E-state index in [2.05, 4.69) is 60.7 Å². The Morgan fingerprint density at radius 3 is 2.35 bits per heavy atom. The topological polar surface area (TPSA) is 59.4 Å². The molecule has 3 rings (SSSR count). The molecule has 2 amide bonds. The van der Waals surface area contributed by atoms with Crippen LogP contribution in [0.1, 0.15) is 45.1 Å². The van der Waals surface area contributed by atoms with Crippen molar-refractivity contribution in [2.75, 3.05) is 27.2 Å². The van der Waals surface area contributed by atoms with Crippen molar-refractivity contribution in [2.45, 2.75) is 50.6 Å². The van der Waals surface area contributed by atoms with Crippen LogP contribution in [0.5, 0.6) is 0 Å². The first-order valence-electron chi connectivity index (χ1n) is 9.43. The number of nitrogens with one attached hydrogen (secondary N) is 1. The number of nitriles is 1. The first-order chi connectivity index (χ1) is 12.2. The number of hydrogen-bond donors (Lipinski definition) is 1. The fraction of sp³-hybridized carbons (Fsp3) is 0.619. The highest BCUT2D eigenvalue weighted by Gasteiger charge is 2.50. The van der Waals surface area contributed by atoms with Crippen molar-refractivity contribution in [3.8, 4) is 6.07 Å². The summed E-state index contributed by atoms with van der Waals surface area (Å²) >= 11 is 0. The van der Waals surface area contributed by atoms with Crippen molar-refractivity contribution in [3.63, 3.8) is 0 Å². The second-order valence-electron chi connectivity index (χ2n) is 8.85. The van der Waals surface area contributed by atoms with Gasteiger partial charge in [-0.3, -0.25) is 4.90 Å². The van der Waals surface area contributed by atoms with E-state index < -0.39 is 5.41 Å². The molecule has 2 aliphatic rings. The second-order valence-corrected chi connectivity index (χ2v) is 8.85. The van der Waals surface area contributed by atoms with Crippen LogP contribution in [0.3, 0.4) is 0 Å². The molecule has 5 heteroatoms. The molecule has 1 aromatic carbocycles. The molecule has 1 saturated heterocycles. The van der Waals surface area contributed by atoms with Crippen molar-refractivity contribution in [1.82, 2.24) is 15.1 Å². The molecular weight excluding hydrogens is 324 g/mol. The normalized spacial score (nSPS) is 29.1. The number of rotatable bonds is 4. The SMILES string of the molecule is CN(C)[C@]1(c2ccccc2)CC[C@@]2(CC1)CN(CC(C)(C)C#N)C(=O)N2. The van der Waals surface area contributed by atoms with Gasteiger partial charge in [-0.25, -0.2) is 4.79 Å². The van der Waals surface area contributed by atoms with Gasteiger partial charge in [-0.05, 0) is 59.2 Å². The highest BCUT2D eigenvalue weighted by atomic mass is 16.2. The van der Waals surface area contributed by atoms with Gasteiger partial charge < -0.3 is 10.2 Å². The largest absolute Gasteiger partial charge is 0.331 e. The molecule has 1 heterocycles. The van der Waals surface area contributed by atoms with Gasteiger partial charge in [0.05, 0.1) is 17.0 Å². The molecule has 1 aliphatic carbocycles. The lowest BCUT2D eigenvalue weighted by atomic mass is 9.69. The van der Waals surface area contributed by atoms with Crippen LogP contribution in [0.25, 0.3) is 0 Å². The maximum atomic E-state index is 12.5. The molecule has 1 spiro atoms. The fourth-order valence-electron chi connectivity index (χ4n) is 4.59. The standard InChI is InChI=1S/C21H30N4O/c1-19(2,14-22)15-25-16-20(23-18(25)26)10-12-21(13-11-20,24(3)4)17-8-6-5-7-9-17/h5-9H,10-13,15-16H2,1-4H3,(H,23,26)/t20-,21-. The van der Waals surface area contributed by atoms with Crippen LogP contribution in [0, 0.1) is 16.7 Å². The monoisotopic (exact) mass is 354 g/mol. The van der Waals surface area contributed by atoms with Gasteiger partial charge in [0.1, 0.15) is 0 Å². The van der Waals surface area contributed by atoms with Gasteiger partial charge in [0, 0.05) is 18.6 Å². The third-order valence-corrected chi connectivity index (χ3v) is 6.24. The van der Waals surface area contributed by atoms with Crippen LogP contribution in [0.4, 0.5) is 4.79 Å². The van der Waals surface area contributed by atoms with E-state index in [0.29, 0.717) is 13.1 Å². The Morgan fingerprint density at radius 1 is 1.19 bits per heavy atom. The molecule has 0 bridgehead atoms. The Kier molecular flexibility index (Phi) is 4.74. The molecule has 0 atom stereocenters. The molecule has 0 radical (unpaired) electrons. The minimum Gasteiger partial charge on any atom is -0.331 e. The molecule has 1 aliphatic heterocycles. The number of carbonyl (C=O) groups is 1. The lowest BCUT2D eigenvalue weighted by Crippen LogP contribution is -2.54. The predicted molar refractivity (Wildman–Crippen MR) is 103 cm³/mol. The molecule has 5 nitrogen and oxygen atoms in total. The molecule has 26 heavy (non-hydrogen) atoms. The molecule has 1 aromatic rings. The van der Waals surface area contributed by atoms with Crippen LogP contribution in [0.2, 0.25) is 0 Å². The molecule has 140 valence electrons. The average molecular weight is 354 g/mol. The zero-order valence-electron chi connectivity index (χ0n) is 16.4. The molecule has 0 aromatic heterocycles. The van der Waals surface area contributed by atoms with Gasteiger partial charge in [-0.1, -0.05) is 30.3 Å². The maximum absolute atomic E-state index is 12.5. The van der Waals surface area contributed by atoms with Gasteiger partial charge in [-0.2, -0.15) is 5.26 Å². The lowest BCUT2D eigenvalue weighted by Gasteiger charge is -2.48. The van der Waals surface area contributed by atoms with Crippen molar-refractivity contribution in [2.24, 2.45) is 5.41 Å². The second kappa shape index (κ2) is 6.59. The summed E-state index contributed by atoms with van der Waals surface area (Å²) in [5, 5.41) is 12.5. The van der Waals surface area contributed by atoms with E-state index in [1.807, 2.05) is 18.7 Å². The lowest BCUT2D eigenvalue weighted by molar-refractivity contribution is 0.0612. The summed E-state index contributed by atoms with van der Waals surface area (Å²) in [6.07, 6.45) is 3.93. The van der Waals surface area contributed by atoms with Gasteiger partial charge in [0.2, 0.25) is 0 Å². The molecule has 2 fully saturated rings. The Bertz CT molecular complexity index is 696. The minimum atomic E-state index is -0.519. The van der Waals surface area contributed by atoms with E-state index in [0.717, 1.165) is 25.7 Å². The third-order valence-electron chi connectivity index (χ3n) is 6.24. The smallest absolute Gasteiger partial charge is 0.318 e. The van der Waals surface area contributed by atoms with Crippen molar-refractivity contribution >= 4 is 6.03 Å². The van der Waals surface area contributed by atoms with E-state index in [1.54, 1.807) is 0 Å². The summed E-state index contributed by atoms with van der Waals surface area (Å²) in [6.45, 7) is 4.96. The molecule has 0 unspecified atom stereocenters. The zero-order chi connectivity index (χ0) is 19.0. The summed E-state index contributed by atoms with van der Waals surface area (Å²) in [6, 6.07) is 13.0. The first kappa shape index (κ1) is 18.7. The number of amides is 2. The Balaban J connectivity index is 1.75. The maximum Gasteiger partial charge on any atom is 0.318 e. The number of benzene rings is 1. The third kappa shape index (κ3) is 3.31. The number of urea groups is 1. The first-order valence-corrected chi connectivity index (χ1v) is 9.43. The quantitative estimate of drug-likeness (QED) is 0.902. The van der Waals surface area contributed by atoms with Gasteiger partial charge in [0.25, 0.3) is 0 Å². The van der Waals surface area contributed by atoms with Crippen LogP contribution in [0.15, 0.2) is 30.3 Å². The number of nitrogens with zero attached hydrogens (tertiary/aromatic N) is 3. The average Bonchev–Trinajstić information content (AvgIpc) is 2.91. The van der Waals surface area contributed by atoms with E-state index in [9.17, 15) is 10.1 Å². The van der Waals surface area contributed by atoms with E-state index >= 15 is 0 Å². The Morgan fingerprint density at radius 2 is 1.81 bits per heavy atom. The highest BCUT2D eigenvalue weighted by molar-refractivity contribution is 5.78. The van der Waals surface area contributed by atoms with Crippen molar-refractivity contribution in [3.05, 3.63) is 35.9 Å². The fourth-order valence-corrected chi connectivity index (χ4v) is 4.59. The van der Waals surface area contributed by atoms with Crippen LogP contribution in [-0.2, 0) is 5.54 Å². The molecule has 1 saturated carbocycles. The Labute approximate surface area is 157 Å². The van der Waals surface area contributed by atoms with Crippen molar-refractivity contribution < 1.29 is 4.79 Å². The summed E-state index contributed by atoms with van der Waals surface area (Å²) in [5.41, 5.74) is 0.703.